The normalized spacial score (nSPS) is 12.3. The van der Waals surface area contributed by atoms with E-state index in [9.17, 15) is 9.18 Å². The Kier molecular flexibility index (Phi) is 4.13. The molecule has 4 N–H and O–H groups in total. The van der Waals surface area contributed by atoms with E-state index in [1.807, 2.05) is 0 Å². The van der Waals surface area contributed by atoms with Crippen LogP contribution in [-0.2, 0) is 4.79 Å². The largest absolute Gasteiger partial charge is 0.409 e. The van der Waals surface area contributed by atoms with Gasteiger partial charge in [-0.25, -0.2) is 4.39 Å². The second-order valence-corrected chi connectivity index (χ2v) is 4.60. The summed E-state index contributed by atoms with van der Waals surface area (Å²) in [4.78, 5) is 11.9. The van der Waals surface area contributed by atoms with E-state index in [4.69, 9.17) is 22.5 Å². The Hall–Kier alpha value is -1.82. The molecule has 1 aromatic carbocycles. The third-order valence-corrected chi connectivity index (χ3v) is 2.82. The van der Waals surface area contributed by atoms with Gasteiger partial charge in [0.15, 0.2) is 5.84 Å². The van der Waals surface area contributed by atoms with Gasteiger partial charge in [-0.2, -0.15) is 0 Å². The fourth-order valence-corrected chi connectivity index (χ4v) is 1.28. The van der Waals surface area contributed by atoms with Gasteiger partial charge in [0.1, 0.15) is 11.2 Å². The second kappa shape index (κ2) is 5.22. The lowest BCUT2D eigenvalue weighted by atomic mass is 9.91. The first kappa shape index (κ1) is 14.2. The Morgan fingerprint density at radius 3 is 2.72 bits per heavy atom. The third-order valence-electron chi connectivity index (χ3n) is 2.49. The van der Waals surface area contributed by atoms with Crippen LogP contribution < -0.4 is 11.1 Å². The maximum Gasteiger partial charge on any atom is 0.237 e. The molecule has 0 saturated carbocycles. The minimum Gasteiger partial charge on any atom is -0.409 e. The van der Waals surface area contributed by atoms with E-state index < -0.39 is 17.1 Å². The Morgan fingerprint density at radius 2 is 2.17 bits per heavy atom. The van der Waals surface area contributed by atoms with Gasteiger partial charge in [-0.15, -0.1) is 0 Å². The number of carbonyl (C=O) groups is 1. The van der Waals surface area contributed by atoms with Crippen molar-refractivity contribution in [2.75, 3.05) is 5.32 Å². The molecule has 0 fully saturated rings. The van der Waals surface area contributed by atoms with E-state index in [0.29, 0.717) is 0 Å². The maximum atomic E-state index is 13.0. The van der Waals surface area contributed by atoms with Crippen molar-refractivity contribution in [3.05, 3.63) is 29.0 Å². The van der Waals surface area contributed by atoms with Gasteiger partial charge in [-0.1, -0.05) is 16.8 Å². The van der Waals surface area contributed by atoms with Crippen LogP contribution in [0.2, 0.25) is 5.02 Å². The molecular weight excluding hydrogens is 261 g/mol. The van der Waals surface area contributed by atoms with E-state index in [2.05, 4.69) is 10.5 Å². The lowest BCUT2D eigenvalue weighted by Gasteiger charge is -2.22. The molecule has 98 valence electrons. The summed E-state index contributed by atoms with van der Waals surface area (Å²) in [5, 5.41) is 14.0. The minimum atomic E-state index is -1.25. The summed E-state index contributed by atoms with van der Waals surface area (Å²) in [7, 11) is 0. The highest BCUT2D eigenvalue weighted by molar-refractivity contribution is 6.33. The number of amidine groups is 1. The van der Waals surface area contributed by atoms with Gasteiger partial charge in [-0.05, 0) is 32.0 Å². The lowest BCUT2D eigenvalue weighted by molar-refractivity contribution is -0.121. The van der Waals surface area contributed by atoms with Gasteiger partial charge in [-0.3, -0.25) is 4.79 Å². The van der Waals surface area contributed by atoms with Crippen molar-refractivity contribution in [1.82, 2.24) is 0 Å². The zero-order chi connectivity index (χ0) is 13.9. The summed E-state index contributed by atoms with van der Waals surface area (Å²) in [6.07, 6.45) is 0. The van der Waals surface area contributed by atoms with Gasteiger partial charge in [0, 0.05) is 0 Å². The zero-order valence-corrected chi connectivity index (χ0v) is 10.6. The molecule has 0 radical (unpaired) electrons. The quantitative estimate of drug-likeness (QED) is 0.341. The summed E-state index contributed by atoms with van der Waals surface area (Å²) in [6.45, 7) is 2.93. The summed E-state index contributed by atoms with van der Waals surface area (Å²) >= 11 is 5.81. The standard InChI is InChI=1S/C11H13ClFN3O2/c1-11(2,9(14)16-18)10(17)15-8-5-6(13)3-4-7(8)12/h3-5,18H,1-2H3,(H2,14,16)(H,15,17). The van der Waals surface area contributed by atoms with Crippen LogP contribution in [0.5, 0.6) is 0 Å². The molecule has 5 nitrogen and oxygen atoms in total. The van der Waals surface area contributed by atoms with Crippen LogP contribution in [-0.4, -0.2) is 17.0 Å². The molecule has 0 saturated heterocycles. The molecule has 18 heavy (non-hydrogen) atoms. The monoisotopic (exact) mass is 273 g/mol. The predicted molar refractivity (Wildman–Crippen MR) is 67.2 cm³/mol. The van der Waals surface area contributed by atoms with Gasteiger partial charge in [0.05, 0.1) is 10.7 Å². The number of carbonyl (C=O) groups excluding carboxylic acids is 1. The average molecular weight is 274 g/mol. The summed E-state index contributed by atoms with van der Waals surface area (Å²) < 4.78 is 13.0. The number of nitrogens with zero attached hydrogens (tertiary/aromatic N) is 1. The average Bonchev–Trinajstić information content (AvgIpc) is 2.32. The molecule has 1 rings (SSSR count). The Balaban J connectivity index is 2.98. The highest BCUT2D eigenvalue weighted by atomic mass is 35.5. The number of nitrogens with two attached hydrogens (primary N) is 1. The van der Waals surface area contributed by atoms with Crippen LogP contribution in [0.4, 0.5) is 10.1 Å². The van der Waals surface area contributed by atoms with E-state index in [0.717, 1.165) is 6.07 Å². The number of benzene rings is 1. The molecule has 7 heteroatoms. The van der Waals surface area contributed by atoms with E-state index in [1.165, 1.54) is 26.0 Å². The van der Waals surface area contributed by atoms with Crippen LogP contribution in [0.25, 0.3) is 0 Å². The molecule has 0 aliphatic carbocycles. The molecule has 0 unspecified atom stereocenters. The molecular formula is C11H13ClFN3O2. The molecule has 0 atom stereocenters. The van der Waals surface area contributed by atoms with Crippen molar-refractivity contribution >= 4 is 29.0 Å². The number of hydrogen-bond donors (Lipinski definition) is 3. The summed E-state index contributed by atoms with van der Waals surface area (Å²) in [6, 6.07) is 3.58. The van der Waals surface area contributed by atoms with E-state index >= 15 is 0 Å². The number of amides is 1. The van der Waals surface area contributed by atoms with Crippen LogP contribution in [0.1, 0.15) is 13.8 Å². The van der Waals surface area contributed by atoms with E-state index in [-0.39, 0.29) is 16.5 Å². The first-order chi connectivity index (χ1) is 8.28. The Labute approximate surface area is 108 Å². The second-order valence-electron chi connectivity index (χ2n) is 4.19. The predicted octanol–water partition coefficient (Wildman–Crippen LogP) is 2.19. The first-order valence-electron chi connectivity index (χ1n) is 5.03. The maximum absolute atomic E-state index is 13.0. The van der Waals surface area contributed by atoms with Crippen molar-refractivity contribution in [2.24, 2.45) is 16.3 Å². The number of nitrogens with one attached hydrogen (secondary N) is 1. The third kappa shape index (κ3) is 2.89. The van der Waals surface area contributed by atoms with Crippen LogP contribution >= 0.6 is 11.6 Å². The highest BCUT2D eigenvalue weighted by Gasteiger charge is 2.33. The van der Waals surface area contributed by atoms with Gasteiger partial charge in [0.2, 0.25) is 5.91 Å². The van der Waals surface area contributed by atoms with Crippen molar-refractivity contribution in [3.8, 4) is 0 Å². The molecule has 0 aliphatic rings. The molecule has 1 amide bonds. The summed E-state index contributed by atoms with van der Waals surface area (Å²) in [5.41, 5.74) is 4.29. The fraction of sp³-hybridized carbons (Fsp3) is 0.273. The van der Waals surface area contributed by atoms with Crippen LogP contribution in [0.3, 0.4) is 0 Å². The van der Waals surface area contributed by atoms with Crippen molar-refractivity contribution in [2.45, 2.75) is 13.8 Å². The molecule has 0 aromatic heterocycles. The SMILES string of the molecule is CC(C)(C(=O)Nc1cc(F)ccc1Cl)/C(N)=N/O. The number of oxime groups is 1. The zero-order valence-electron chi connectivity index (χ0n) is 9.87. The molecule has 0 bridgehead atoms. The molecule has 1 aromatic rings. The van der Waals surface area contributed by atoms with Gasteiger partial charge < -0.3 is 16.3 Å². The molecule has 0 spiro atoms. The molecule has 0 aliphatic heterocycles. The Bertz CT molecular complexity index is 503. The van der Waals surface area contributed by atoms with Crippen molar-refractivity contribution in [3.63, 3.8) is 0 Å². The smallest absolute Gasteiger partial charge is 0.237 e. The first-order valence-corrected chi connectivity index (χ1v) is 5.41. The van der Waals surface area contributed by atoms with Crippen molar-refractivity contribution in [1.29, 1.82) is 0 Å². The number of halogens is 2. The summed E-state index contributed by atoms with van der Waals surface area (Å²) in [5.74, 6) is -1.35. The fourth-order valence-electron chi connectivity index (χ4n) is 1.11. The minimum absolute atomic E-state index is 0.125. The van der Waals surface area contributed by atoms with Crippen LogP contribution in [0.15, 0.2) is 23.4 Å². The molecule has 0 heterocycles. The number of anilines is 1. The highest BCUT2D eigenvalue weighted by Crippen LogP contribution is 2.25. The number of hydrogen-bond acceptors (Lipinski definition) is 3. The Morgan fingerprint density at radius 1 is 1.56 bits per heavy atom. The lowest BCUT2D eigenvalue weighted by Crippen LogP contribution is -2.42. The van der Waals surface area contributed by atoms with E-state index in [1.54, 1.807) is 0 Å². The van der Waals surface area contributed by atoms with Gasteiger partial charge in [0.25, 0.3) is 0 Å². The number of rotatable bonds is 3. The van der Waals surface area contributed by atoms with Gasteiger partial charge >= 0.3 is 0 Å². The topological polar surface area (TPSA) is 87.7 Å². The van der Waals surface area contributed by atoms with Crippen molar-refractivity contribution < 1.29 is 14.4 Å². The van der Waals surface area contributed by atoms with Crippen LogP contribution in [0, 0.1) is 11.2 Å².